The molecule has 0 aliphatic carbocycles. The number of methoxy groups -OCH3 is 1. The molecule has 7 rings (SSSR count). The lowest BCUT2D eigenvalue weighted by atomic mass is 9.90. The predicted octanol–water partition coefficient (Wildman–Crippen LogP) is 7.46. The van der Waals surface area contributed by atoms with Crippen LogP contribution in [0, 0.1) is 0 Å². The van der Waals surface area contributed by atoms with Gasteiger partial charge in [-0.3, -0.25) is 5.01 Å². The number of carbonyl (C=O) groups is 1. The van der Waals surface area contributed by atoms with E-state index in [-0.39, 0.29) is 10.9 Å². The Balaban J connectivity index is 1.22. The molecule has 6 aromatic rings. The highest BCUT2D eigenvalue weighted by atomic mass is 32.2. The van der Waals surface area contributed by atoms with Crippen molar-refractivity contribution in [3.05, 3.63) is 133 Å². The summed E-state index contributed by atoms with van der Waals surface area (Å²) in [6.07, 6.45) is 2.21. The van der Waals surface area contributed by atoms with E-state index < -0.39 is 16.1 Å². The Morgan fingerprint density at radius 3 is 2.16 bits per heavy atom. The minimum Gasteiger partial charge on any atom is -0.497 e. The van der Waals surface area contributed by atoms with E-state index in [0.717, 1.165) is 32.8 Å². The van der Waals surface area contributed by atoms with Crippen molar-refractivity contribution in [1.29, 1.82) is 0 Å². The normalized spacial score (nSPS) is 14.8. The molecule has 224 valence electrons. The van der Waals surface area contributed by atoms with Crippen molar-refractivity contribution < 1.29 is 22.4 Å². The summed E-state index contributed by atoms with van der Waals surface area (Å²) in [4.78, 5) is 12.5. The average Bonchev–Trinajstić information content (AvgIpc) is 3.75. The van der Waals surface area contributed by atoms with E-state index in [4.69, 9.17) is 14.3 Å². The zero-order chi connectivity index (χ0) is 31.0. The molecule has 1 atom stereocenters. The monoisotopic (exact) mass is 616 g/mol. The zero-order valence-electron chi connectivity index (χ0n) is 24.2. The highest BCUT2D eigenvalue weighted by Crippen LogP contribution is 2.43. The van der Waals surface area contributed by atoms with Gasteiger partial charge >= 0.3 is 6.03 Å². The largest absolute Gasteiger partial charge is 0.497 e. The minimum absolute atomic E-state index is 0.0577. The minimum atomic E-state index is -4.16. The fourth-order valence-electron chi connectivity index (χ4n) is 5.76. The number of urea groups is 1. The van der Waals surface area contributed by atoms with Crippen LogP contribution in [0.1, 0.15) is 23.8 Å². The van der Waals surface area contributed by atoms with Gasteiger partial charge in [-0.15, -0.1) is 0 Å². The lowest BCUT2D eigenvalue weighted by Crippen LogP contribution is -2.34. The van der Waals surface area contributed by atoms with Gasteiger partial charge in [0.2, 0.25) is 0 Å². The number of benzene rings is 5. The Hall–Kier alpha value is -5.61. The van der Waals surface area contributed by atoms with E-state index >= 15 is 0 Å². The van der Waals surface area contributed by atoms with Gasteiger partial charge in [-0.2, -0.15) is 5.10 Å². The smallest absolute Gasteiger partial charge is 0.333 e. The zero-order valence-corrected chi connectivity index (χ0v) is 25.0. The number of anilines is 2. The molecule has 45 heavy (non-hydrogen) atoms. The number of sulfonamides is 1. The molecule has 0 saturated carbocycles. The van der Waals surface area contributed by atoms with Gasteiger partial charge in [0.25, 0.3) is 10.0 Å². The van der Waals surface area contributed by atoms with Gasteiger partial charge < -0.3 is 14.5 Å². The van der Waals surface area contributed by atoms with Gasteiger partial charge in [-0.1, -0.05) is 48.5 Å². The number of ether oxygens (including phenoxy) is 1. The number of furan rings is 1. The number of nitrogens with zero attached hydrogens (tertiary/aromatic N) is 2. The SMILES string of the molecule is COc1ccc(NC(=O)NS(=O)(=O)c2ccc(N3N=C(c4ccco4)CC3c3c4ccccc4cc4ccccc34)cc2)cc1. The van der Waals surface area contributed by atoms with Gasteiger partial charge in [-0.25, -0.2) is 17.9 Å². The summed E-state index contributed by atoms with van der Waals surface area (Å²) in [6, 6.07) is 34.3. The first-order chi connectivity index (χ1) is 21.9. The fraction of sp³-hybridized carbons (Fsp3) is 0.0857. The number of fused-ring (bicyclic) bond motifs is 2. The summed E-state index contributed by atoms with van der Waals surface area (Å²) in [5, 5.41) is 13.9. The van der Waals surface area contributed by atoms with Crippen molar-refractivity contribution in [2.24, 2.45) is 5.10 Å². The molecule has 1 unspecified atom stereocenters. The first-order valence-corrected chi connectivity index (χ1v) is 15.8. The second-order valence-corrected chi connectivity index (χ2v) is 12.3. The third-order valence-electron chi connectivity index (χ3n) is 7.85. The topological polar surface area (TPSA) is 113 Å². The van der Waals surface area contributed by atoms with Crippen molar-refractivity contribution in [3.8, 4) is 5.75 Å². The second kappa shape index (κ2) is 11.5. The predicted molar refractivity (Wildman–Crippen MR) is 175 cm³/mol. The van der Waals surface area contributed by atoms with Crippen LogP contribution in [0.15, 0.2) is 136 Å². The van der Waals surface area contributed by atoms with E-state index in [2.05, 4.69) is 40.4 Å². The maximum Gasteiger partial charge on any atom is 0.333 e. The third kappa shape index (κ3) is 5.47. The van der Waals surface area contributed by atoms with Gasteiger partial charge in [0.1, 0.15) is 17.2 Å². The molecule has 9 nitrogen and oxygen atoms in total. The van der Waals surface area contributed by atoms with Crippen LogP contribution < -0.4 is 19.8 Å². The van der Waals surface area contributed by atoms with Crippen LogP contribution in [-0.2, 0) is 10.0 Å². The Bertz CT molecular complexity index is 2110. The third-order valence-corrected chi connectivity index (χ3v) is 9.20. The van der Waals surface area contributed by atoms with Crippen molar-refractivity contribution in [2.75, 3.05) is 17.4 Å². The first-order valence-electron chi connectivity index (χ1n) is 14.3. The summed E-state index contributed by atoms with van der Waals surface area (Å²) in [5.41, 5.74) is 3.03. The standard InChI is InChI=1S/C35H28N4O5S/c1-43-27-16-12-25(13-17-27)36-35(40)38-45(41,42)28-18-14-26(15-19-28)39-32(22-31(37-39)33-11-6-20-44-33)34-29-9-4-2-7-23(29)21-24-8-3-5-10-30(24)34/h2-21,32H,22H2,1H3,(H2,36,38,40). The quantitative estimate of drug-likeness (QED) is 0.180. The molecule has 0 bridgehead atoms. The van der Waals surface area contributed by atoms with Gasteiger partial charge in [-0.05, 0) is 93.8 Å². The highest BCUT2D eigenvalue weighted by molar-refractivity contribution is 7.90. The van der Waals surface area contributed by atoms with Crippen LogP contribution in [0.25, 0.3) is 21.5 Å². The molecular weight excluding hydrogens is 588 g/mol. The first kappa shape index (κ1) is 28.2. The Morgan fingerprint density at radius 1 is 0.867 bits per heavy atom. The molecule has 1 aromatic heterocycles. The lowest BCUT2D eigenvalue weighted by Gasteiger charge is -2.26. The molecule has 0 spiro atoms. The number of rotatable bonds is 7. The number of hydrazone groups is 1. The fourth-order valence-corrected chi connectivity index (χ4v) is 6.67. The van der Waals surface area contributed by atoms with Crippen LogP contribution in [0.3, 0.4) is 0 Å². The van der Waals surface area contributed by atoms with Gasteiger partial charge in [0, 0.05) is 12.1 Å². The average molecular weight is 617 g/mol. The maximum absolute atomic E-state index is 13.1. The van der Waals surface area contributed by atoms with Gasteiger partial charge in [0.15, 0.2) is 0 Å². The van der Waals surface area contributed by atoms with Crippen molar-refractivity contribution in [3.63, 3.8) is 0 Å². The molecule has 2 amide bonds. The van der Waals surface area contributed by atoms with Gasteiger partial charge in [0.05, 0.1) is 30.0 Å². The number of carbonyl (C=O) groups excluding carboxylic acids is 1. The van der Waals surface area contributed by atoms with E-state index in [0.29, 0.717) is 29.3 Å². The van der Waals surface area contributed by atoms with E-state index in [1.54, 1.807) is 42.7 Å². The number of hydrogen-bond acceptors (Lipinski definition) is 7. The van der Waals surface area contributed by atoms with Crippen LogP contribution in [0.4, 0.5) is 16.2 Å². The van der Waals surface area contributed by atoms with Crippen LogP contribution in [-0.4, -0.2) is 27.3 Å². The van der Waals surface area contributed by atoms with Crippen molar-refractivity contribution in [2.45, 2.75) is 17.4 Å². The van der Waals surface area contributed by atoms with E-state index in [1.165, 1.54) is 19.2 Å². The van der Waals surface area contributed by atoms with Crippen LogP contribution in [0.2, 0.25) is 0 Å². The number of amides is 2. The van der Waals surface area contributed by atoms with E-state index in [1.807, 2.05) is 41.4 Å². The molecule has 2 N–H and O–H groups in total. The second-order valence-electron chi connectivity index (χ2n) is 10.6. The molecule has 1 aliphatic heterocycles. The molecular formula is C35H28N4O5S. The number of hydrogen-bond donors (Lipinski definition) is 2. The molecule has 2 heterocycles. The molecule has 0 radical (unpaired) electrons. The van der Waals surface area contributed by atoms with E-state index in [9.17, 15) is 13.2 Å². The molecule has 5 aromatic carbocycles. The number of nitrogens with one attached hydrogen (secondary N) is 2. The van der Waals surface area contributed by atoms with Crippen LogP contribution in [0.5, 0.6) is 5.75 Å². The van der Waals surface area contributed by atoms with Crippen molar-refractivity contribution in [1.82, 2.24) is 4.72 Å². The van der Waals surface area contributed by atoms with Crippen LogP contribution >= 0.6 is 0 Å². The summed E-state index contributed by atoms with van der Waals surface area (Å²) < 4.78 is 39.1. The summed E-state index contributed by atoms with van der Waals surface area (Å²) in [7, 11) is -2.62. The highest BCUT2D eigenvalue weighted by Gasteiger charge is 2.33. The maximum atomic E-state index is 13.1. The summed E-state index contributed by atoms with van der Waals surface area (Å²) in [6.45, 7) is 0. The summed E-state index contributed by atoms with van der Waals surface area (Å²) >= 11 is 0. The molecule has 10 heteroatoms. The molecule has 1 aliphatic rings. The Kier molecular flexibility index (Phi) is 7.19. The Morgan fingerprint density at radius 2 is 1.53 bits per heavy atom. The lowest BCUT2D eigenvalue weighted by molar-refractivity contribution is 0.256. The van der Waals surface area contributed by atoms with Crippen molar-refractivity contribution >= 4 is 54.7 Å². The Labute approximate surface area is 259 Å². The summed E-state index contributed by atoms with van der Waals surface area (Å²) in [5.74, 6) is 1.29. The molecule has 0 saturated heterocycles. The molecule has 0 fully saturated rings.